The lowest BCUT2D eigenvalue weighted by Gasteiger charge is -2.25. The van der Waals surface area contributed by atoms with Gasteiger partial charge in [0.1, 0.15) is 0 Å². The molecule has 0 aromatic heterocycles. The number of rotatable bonds is 5. The molecule has 0 radical (unpaired) electrons. The molecule has 1 aromatic carbocycles. The average molecular weight is 447 g/mol. The smallest absolute Gasteiger partial charge is 0.269 e. The third kappa shape index (κ3) is 6.30. The van der Waals surface area contributed by atoms with E-state index in [0.717, 1.165) is 12.0 Å². The van der Waals surface area contributed by atoms with Gasteiger partial charge in [-0.3, -0.25) is 14.9 Å². The van der Waals surface area contributed by atoms with Crippen molar-refractivity contribution in [3.05, 3.63) is 39.9 Å². The predicted octanol–water partition coefficient (Wildman–Crippen LogP) is 1.55. The standard InChI is InChI=1S/C15H21N5O3.HI/c1-2-16-15(19-12-6-7-14(21)17-10-12)18-9-11-4-3-5-13(8-11)20(22)23;/h3-5,8,12H,2,6-7,9-10H2,1H3,(H,17,21)(H2,16,18,19);1H. The zero-order valence-corrected chi connectivity index (χ0v) is 15.8. The van der Waals surface area contributed by atoms with Crippen LogP contribution in [0, 0.1) is 10.1 Å². The maximum absolute atomic E-state index is 11.2. The highest BCUT2D eigenvalue weighted by molar-refractivity contribution is 14.0. The summed E-state index contributed by atoms with van der Waals surface area (Å²) < 4.78 is 0. The molecule has 3 N–H and O–H groups in total. The van der Waals surface area contributed by atoms with Crippen molar-refractivity contribution >= 4 is 41.5 Å². The van der Waals surface area contributed by atoms with Crippen LogP contribution >= 0.6 is 24.0 Å². The van der Waals surface area contributed by atoms with Crippen molar-refractivity contribution in [2.24, 2.45) is 4.99 Å². The maximum Gasteiger partial charge on any atom is 0.269 e. The first kappa shape index (κ1) is 20.1. The lowest BCUT2D eigenvalue weighted by molar-refractivity contribution is -0.384. The van der Waals surface area contributed by atoms with Crippen molar-refractivity contribution in [1.82, 2.24) is 16.0 Å². The Balaban J connectivity index is 0.00000288. The van der Waals surface area contributed by atoms with Gasteiger partial charge in [0.2, 0.25) is 5.91 Å². The van der Waals surface area contributed by atoms with E-state index in [9.17, 15) is 14.9 Å². The topological polar surface area (TPSA) is 109 Å². The summed E-state index contributed by atoms with van der Waals surface area (Å²) in [6.45, 7) is 3.59. The Morgan fingerprint density at radius 2 is 2.29 bits per heavy atom. The van der Waals surface area contributed by atoms with E-state index in [0.29, 0.717) is 32.0 Å². The van der Waals surface area contributed by atoms with Gasteiger partial charge in [-0.2, -0.15) is 0 Å². The van der Waals surface area contributed by atoms with Gasteiger partial charge in [-0.1, -0.05) is 12.1 Å². The number of hydrogen-bond donors (Lipinski definition) is 3. The van der Waals surface area contributed by atoms with Crippen molar-refractivity contribution in [3.8, 4) is 0 Å². The molecule has 1 unspecified atom stereocenters. The number of non-ortho nitro benzene ring substituents is 1. The van der Waals surface area contributed by atoms with Crippen molar-refractivity contribution in [3.63, 3.8) is 0 Å². The first-order valence-corrected chi connectivity index (χ1v) is 7.63. The van der Waals surface area contributed by atoms with Crippen LogP contribution in [0.1, 0.15) is 25.3 Å². The fourth-order valence-corrected chi connectivity index (χ4v) is 2.31. The van der Waals surface area contributed by atoms with E-state index in [1.165, 1.54) is 12.1 Å². The molecule has 0 saturated carbocycles. The summed E-state index contributed by atoms with van der Waals surface area (Å²) in [4.78, 5) is 26.0. The lowest BCUT2D eigenvalue weighted by atomic mass is 10.1. The molecule has 0 aliphatic carbocycles. The van der Waals surface area contributed by atoms with Crippen molar-refractivity contribution in [2.45, 2.75) is 32.4 Å². The zero-order valence-electron chi connectivity index (χ0n) is 13.4. The number of nitro groups is 1. The Kier molecular flexibility index (Phi) is 8.44. The minimum atomic E-state index is -0.415. The maximum atomic E-state index is 11.2. The van der Waals surface area contributed by atoms with Crippen LogP contribution in [0.15, 0.2) is 29.3 Å². The van der Waals surface area contributed by atoms with Crippen LogP contribution in [0.3, 0.4) is 0 Å². The largest absolute Gasteiger partial charge is 0.357 e. The van der Waals surface area contributed by atoms with Gasteiger partial charge in [0.25, 0.3) is 5.69 Å². The van der Waals surface area contributed by atoms with E-state index in [1.54, 1.807) is 12.1 Å². The van der Waals surface area contributed by atoms with Crippen LogP contribution in [0.5, 0.6) is 0 Å². The normalized spacial score (nSPS) is 17.5. The van der Waals surface area contributed by atoms with E-state index in [2.05, 4.69) is 20.9 Å². The number of guanidine groups is 1. The minimum absolute atomic E-state index is 0. The Bertz CT molecular complexity index is 599. The van der Waals surface area contributed by atoms with E-state index in [1.807, 2.05) is 6.92 Å². The quantitative estimate of drug-likeness (QED) is 0.209. The lowest BCUT2D eigenvalue weighted by Crippen LogP contribution is -2.51. The molecular formula is C15H22IN5O3. The Morgan fingerprint density at radius 1 is 1.50 bits per heavy atom. The summed E-state index contributed by atoms with van der Waals surface area (Å²) >= 11 is 0. The molecule has 2 rings (SSSR count). The second-order valence-electron chi connectivity index (χ2n) is 5.31. The van der Waals surface area contributed by atoms with Crippen molar-refractivity contribution in [2.75, 3.05) is 13.1 Å². The van der Waals surface area contributed by atoms with Crippen molar-refractivity contribution < 1.29 is 9.72 Å². The molecule has 24 heavy (non-hydrogen) atoms. The molecule has 9 heteroatoms. The number of piperidine rings is 1. The highest BCUT2D eigenvalue weighted by Crippen LogP contribution is 2.13. The number of aliphatic imine (C=N–C) groups is 1. The highest BCUT2D eigenvalue weighted by atomic mass is 127. The zero-order chi connectivity index (χ0) is 16.7. The summed E-state index contributed by atoms with van der Waals surface area (Å²) in [6, 6.07) is 6.58. The SMILES string of the molecule is CCNC(=NCc1cccc([N+](=O)[O-])c1)NC1CCC(=O)NC1.I. The van der Waals surface area contributed by atoms with Gasteiger partial charge in [-0.15, -0.1) is 24.0 Å². The third-order valence-electron chi connectivity index (χ3n) is 3.49. The Hall–Kier alpha value is -1.91. The molecule has 1 fully saturated rings. The number of nitrogens with zero attached hydrogens (tertiary/aromatic N) is 2. The number of nitrogens with one attached hydrogen (secondary N) is 3. The third-order valence-corrected chi connectivity index (χ3v) is 3.49. The minimum Gasteiger partial charge on any atom is -0.357 e. The number of carbonyl (C=O) groups is 1. The van der Waals surface area contributed by atoms with Gasteiger partial charge in [-0.25, -0.2) is 4.99 Å². The molecule has 132 valence electrons. The van der Waals surface area contributed by atoms with Gasteiger partial charge in [0, 0.05) is 37.7 Å². The molecule has 1 heterocycles. The second kappa shape index (κ2) is 10.1. The van der Waals surface area contributed by atoms with Crippen LogP contribution in [-0.2, 0) is 11.3 Å². The molecule has 1 saturated heterocycles. The molecule has 1 aliphatic rings. The Labute approximate surface area is 157 Å². The number of hydrogen-bond acceptors (Lipinski definition) is 4. The van der Waals surface area contributed by atoms with E-state index >= 15 is 0 Å². The van der Waals surface area contributed by atoms with Crippen LogP contribution in [0.4, 0.5) is 5.69 Å². The van der Waals surface area contributed by atoms with Crippen LogP contribution < -0.4 is 16.0 Å². The van der Waals surface area contributed by atoms with Gasteiger partial charge in [0.05, 0.1) is 11.5 Å². The summed E-state index contributed by atoms with van der Waals surface area (Å²) in [5.41, 5.74) is 0.832. The van der Waals surface area contributed by atoms with Crippen molar-refractivity contribution in [1.29, 1.82) is 0 Å². The first-order valence-electron chi connectivity index (χ1n) is 7.63. The molecule has 1 aliphatic heterocycles. The van der Waals surface area contributed by atoms with Gasteiger partial charge in [-0.05, 0) is 18.9 Å². The summed E-state index contributed by atoms with van der Waals surface area (Å²) in [7, 11) is 0. The molecule has 1 atom stereocenters. The van der Waals surface area contributed by atoms with Gasteiger partial charge < -0.3 is 16.0 Å². The molecule has 8 nitrogen and oxygen atoms in total. The molecule has 0 spiro atoms. The highest BCUT2D eigenvalue weighted by Gasteiger charge is 2.18. The number of nitro benzene ring substituents is 1. The summed E-state index contributed by atoms with van der Waals surface area (Å²) in [6.07, 6.45) is 1.26. The molecule has 1 amide bonds. The van der Waals surface area contributed by atoms with Gasteiger partial charge >= 0.3 is 0 Å². The number of halogens is 1. The molecular weight excluding hydrogens is 425 g/mol. The molecule has 0 bridgehead atoms. The van der Waals surface area contributed by atoms with E-state index in [4.69, 9.17) is 0 Å². The van der Waals surface area contributed by atoms with Gasteiger partial charge in [0.15, 0.2) is 5.96 Å². The van der Waals surface area contributed by atoms with Crippen LogP contribution in [0.2, 0.25) is 0 Å². The van der Waals surface area contributed by atoms with Crippen LogP contribution in [-0.4, -0.2) is 35.9 Å². The fourth-order valence-electron chi connectivity index (χ4n) is 2.31. The summed E-state index contributed by atoms with van der Waals surface area (Å²) in [5.74, 6) is 0.710. The monoisotopic (exact) mass is 447 g/mol. The number of carbonyl (C=O) groups excluding carboxylic acids is 1. The second-order valence-corrected chi connectivity index (χ2v) is 5.31. The number of benzene rings is 1. The predicted molar refractivity (Wildman–Crippen MR) is 102 cm³/mol. The summed E-state index contributed by atoms with van der Waals surface area (Å²) in [5, 5.41) is 20.0. The first-order chi connectivity index (χ1) is 11.1. The van der Waals surface area contributed by atoms with E-state index < -0.39 is 4.92 Å². The number of amides is 1. The van der Waals surface area contributed by atoms with Crippen LogP contribution in [0.25, 0.3) is 0 Å². The van der Waals surface area contributed by atoms with E-state index in [-0.39, 0.29) is 41.6 Å². The fraction of sp³-hybridized carbons (Fsp3) is 0.467. The average Bonchev–Trinajstić information content (AvgIpc) is 2.55. The molecule has 1 aromatic rings. The Morgan fingerprint density at radius 3 is 2.92 bits per heavy atom.